The molecule has 0 atom stereocenters. The number of nitrogens with zero attached hydrogens (tertiary/aromatic N) is 3. The molecule has 2 rings (SSSR count). The first-order valence-corrected chi connectivity index (χ1v) is 5.74. The number of rotatable bonds is 5. The van der Waals surface area contributed by atoms with Crippen LogP contribution in [-0.2, 0) is 6.54 Å². The molecule has 0 unspecified atom stereocenters. The first-order chi connectivity index (χ1) is 9.17. The van der Waals surface area contributed by atoms with E-state index in [4.69, 9.17) is 9.47 Å². The molecule has 0 spiro atoms. The van der Waals surface area contributed by atoms with E-state index in [1.807, 2.05) is 19.1 Å². The Balaban J connectivity index is 2.31. The van der Waals surface area contributed by atoms with E-state index in [-0.39, 0.29) is 0 Å². The van der Waals surface area contributed by atoms with Gasteiger partial charge in [-0.1, -0.05) is 5.21 Å². The molecule has 0 aliphatic carbocycles. The number of carbonyl (C=O) groups excluding carboxylic acids is 1. The monoisotopic (exact) mass is 261 g/mol. The number of aromatic nitrogens is 3. The number of aryl methyl sites for hydroxylation is 1. The van der Waals surface area contributed by atoms with Crippen LogP contribution in [0.1, 0.15) is 21.6 Å². The molecular formula is C13H15N3O3. The number of carbonyl (C=O) groups is 1. The van der Waals surface area contributed by atoms with Crippen LogP contribution in [0.5, 0.6) is 11.5 Å². The normalized spacial score (nSPS) is 10.3. The highest BCUT2D eigenvalue weighted by Gasteiger charge is 2.09. The van der Waals surface area contributed by atoms with Crippen molar-refractivity contribution in [3.8, 4) is 11.5 Å². The zero-order chi connectivity index (χ0) is 13.8. The molecule has 0 bridgehead atoms. The first-order valence-electron chi connectivity index (χ1n) is 5.74. The summed E-state index contributed by atoms with van der Waals surface area (Å²) in [5, 5.41) is 7.61. The van der Waals surface area contributed by atoms with Gasteiger partial charge in [0.05, 0.1) is 27.0 Å². The second-order valence-electron chi connectivity index (χ2n) is 4.09. The van der Waals surface area contributed by atoms with Crippen molar-refractivity contribution in [2.24, 2.45) is 0 Å². The molecule has 100 valence electrons. The minimum atomic E-state index is 0.318. The van der Waals surface area contributed by atoms with E-state index in [1.165, 1.54) is 0 Å². The standard InChI is InChI=1S/C13H15N3O3/c1-9-4-12(18-2)13(19-3)5-10(9)6-16-7-11(8-17)14-15-16/h4-5,7-8H,6H2,1-3H3. The van der Waals surface area contributed by atoms with Crippen molar-refractivity contribution in [1.82, 2.24) is 15.0 Å². The predicted molar refractivity (Wildman–Crippen MR) is 68.8 cm³/mol. The Morgan fingerprint density at radius 2 is 1.95 bits per heavy atom. The molecule has 0 N–H and O–H groups in total. The number of ether oxygens (including phenoxy) is 2. The van der Waals surface area contributed by atoms with Gasteiger partial charge in [0.15, 0.2) is 17.8 Å². The number of benzene rings is 1. The van der Waals surface area contributed by atoms with E-state index in [0.717, 1.165) is 11.1 Å². The van der Waals surface area contributed by atoms with Gasteiger partial charge in [0, 0.05) is 0 Å². The third-order valence-corrected chi connectivity index (χ3v) is 2.85. The van der Waals surface area contributed by atoms with Crippen molar-refractivity contribution >= 4 is 6.29 Å². The van der Waals surface area contributed by atoms with Crippen LogP contribution in [0.2, 0.25) is 0 Å². The average molecular weight is 261 g/mol. The van der Waals surface area contributed by atoms with Crippen LogP contribution >= 0.6 is 0 Å². The SMILES string of the molecule is COc1cc(C)c(Cn2cc(C=O)nn2)cc1OC. The lowest BCUT2D eigenvalue weighted by Crippen LogP contribution is -2.03. The lowest BCUT2D eigenvalue weighted by Gasteiger charge is -2.12. The second-order valence-corrected chi connectivity index (χ2v) is 4.09. The molecule has 0 fully saturated rings. The van der Waals surface area contributed by atoms with E-state index in [0.29, 0.717) is 30.0 Å². The minimum Gasteiger partial charge on any atom is -0.493 e. The lowest BCUT2D eigenvalue weighted by molar-refractivity contribution is 0.111. The van der Waals surface area contributed by atoms with Crippen molar-refractivity contribution in [2.75, 3.05) is 14.2 Å². The molecule has 0 aliphatic heterocycles. The van der Waals surface area contributed by atoms with Gasteiger partial charge in [-0.05, 0) is 30.2 Å². The maximum absolute atomic E-state index is 10.6. The highest BCUT2D eigenvalue weighted by Crippen LogP contribution is 2.30. The van der Waals surface area contributed by atoms with Crippen LogP contribution in [0.25, 0.3) is 0 Å². The fraction of sp³-hybridized carbons (Fsp3) is 0.308. The first kappa shape index (κ1) is 13.1. The summed E-state index contributed by atoms with van der Waals surface area (Å²) in [7, 11) is 3.20. The molecule has 0 saturated carbocycles. The largest absolute Gasteiger partial charge is 0.493 e. The van der Waals surface area contributed by atoms with Gasteiger partial charge in [-0.2, -0.15) is 0 Å². The molecule has 0 amide bonds. The molecule has 0 aliphatic rings. The third-order valence-electron chi connectivity index (χ3n) is 2.85. The summed E-state index contributed by atoms with van der Waals surface area (Å²) in [6, 6.07) is 3.81. The summed E-state index contributed by atoms with van der Waals surface area (Å²) in [6.07, 6.45) is 2.27. The molecule has 6 heteroatoms. The van der Waals surface area contributed by atoms with E-state index in [9.17, 15) is 4.79 Å². The van der Waals surface area contributed by atoms with Crippen LogP contribution < -0.4 is 9.47 Å². The van der Waals surface area contributed by atoms with Crippen LogP contribution in [0, 0.1) is 6.92 Å². The van der Waals surface area contributed by atoms with Gasteiger partial charge in [0.1, 0.15) is 5.69 Å². The van der Waals surface area contributed by atoms with Gasteiger partial charge in [0.2, 0.25) is 0 Å². The molecule has 19 heavy (non-hydrogen) atoms. The zero-order valence-corrected chi connectivity index (χ0v) is 11.1. The molecule has 6 nitrogen and oxygen atoms in total. The van der Waals surface area contributed by atoms with Crippen LogP contribution in [-0.4, -0.2) is 35.5 Å². The summed E-state index contributed by atoms with van der Waals surface area (Å²) in [6.45, 7) is 2.50. The zero-order valence-electron chi connectivity index (χ0n) is 11.1. The lowest BCUT2D eigenvalue weighted by atomic mass is 10.1. The van der Waals surface area contributed by atoms with Gasteiger partial charge in [0.25, 0.3) is 0 Å². The van der Waals surface area contributed by atoms with Gasteiger partial charge in [-0.3, -0.25) is 4.79 Å². The Labute approximate surface area is 110 Å². The van der Waals surface area contributed by atoms with Gasteiger partial charge < -0.3 is 9.47 Å². The average Bonchev–Trinajstić information content (AvgIpc) is 2.88. The Hall–Kier alpha value is -2.37. The Bertz CT molecular complexity index is 593. The molecule has 1 aromatic heterocycles. The second kappa shape index (κ2) is 5.51. The molecule has 0 radical (unpaired) electrons. The van der Waals surface area contributed by atoms with Crippen molar-refractivity contribution in [3.05, 3.63) is 35.2 Å². The minimum absolute atomic E-state index is 0.318. The molecule has 1 aromatic carbocycles. The van der Waals surface area contributed by atoms with E-state index < -0.39 is 0 Å². The van der Waals surface area contributed by atoms with Gasteiger partial charge in [-0.15, -0.1) is 5.10 Å². The Kier molecular flexibility index (Phi) is 3.79. The van der Waals surface area contributed by atoms with Crippen molar-refractivity contribution in [1.29, 1.82) is 0 Å². The van der Waals surface area contributed by atoms with E-state index in [2.05, 4.69) is 10.3 Å². The summed E-state index contributed by atoms with van der Waals surface area (Å²) in [4.78, 5) is 10.6. The van der Waals surface area contributed by atoms with E-state index in [1.54, 1.807) is 25.1 Å². The summed E-state index contributed by atoms with van der Waals surface area (Å²) in [5.74, 6) is 1.36. The smallest absolute Gasteiger partial charge is 0.171 e. The molecular weight excluding hydrogens is 246 g/mol. The van der Waals surface area contributed by atoms with Crippen molar-refractivity contribution in [2.45, 2.75) is 13.5 Å². The van der Waals surface area contributed by atoms with Crippen LogP contribution in [0.15, 0.2) is 18.3 Å². The van der Waals surface area contributed by atoms with Gasteiger partial charge >= 0.3 is 0 Å². The highest BCUT2D eigenvalue weighted by atomic mass is 16.5. The van der Waals surface area contributed by atoms with E-state index >= 15 is 0 Å². The number of hydrogen-bond donors (Lipinski definition) is 0. The van der Waals surface area contributed by atoms with Gasteiger partial charge in [-0.25, -0.2) is 4.68 Å². The molecule has 1 heterocycles. The molecule has 2 aromatic rings. The Morgan fingerprint density at radius 1 is 1.26 bits per heavy atom. The predicted octanol–water partition coefficient (Wildman–Crippen LogP) is 1.46. The Morgan fingerprint density at radius 3 is 2.53 bits per heavy atom. The summed E-state index contributed by atoms with van der Waals surface area (Å²) >= 11 is 0. The maximum atomic E-state index is 10.6. The number of hydrogen-bond acceptors (Lipinski definition) is 5. The van der Waals surface area contributed by atoms with Crippen LogP contribution in [0.4, 0.5) is 0 Å². The van der Waals surface area contributed by atoms with Crippen molar-refractivity contribution < 1.29 is 14.3 Å². The fourth-order valence-corrected chi connectivity index (χ4v) is 1.81. The summed E-state index contributed by atoms with van der Waals surface area (Å²) < 4.78 is 12.1. The number of methoxy groups -OCH3 is 2. The maximum Gasteiger partial charge on any atom is 0.171 e. The number of aldehydes is 1. The summed E-state index contributed by atoms with van der Waals surface area (Å²) in [5.41, 5.74) is 2.40. The topological polar surface area (TPSA) is 66.2 Å². The van der Waals surface area contributed by atoms with Crippen molar-refractivity contribution in [3.63, 3.8) is 0 Å². The highest BCUT2D eigenvalue weighted by molar-refractivity contribution is 5.70. The van der Waals surface area contributed by atoms with Crippen LogP contribution in [0.3, 0.4) is 0 Å². The molecule has 0 saturated heterocycles. The fourth-order valence-electron chi connectivity index (χ4n) is 1.81. The third kappa shape index (κ3) is 2.73. The quantitative estimate of drug-likeness (QED) is 0.762.